The first kappa shape index (κ1) is 17.6. The molecule has 128 valence electrons. The van der Waals surface area contributed by atoms with E-state index in [4.69, 9.17) is 11.6 Å². The summed E-state index contributed by atoms with van der Waals surface area (Å²) < 4.78 is 0. The van der Waals surface area contributed by atoms with Gasteiger partial charge >= 0.3 is 0 Å². The number of anilines is 1. The molecule has 2 heterocycles. The van der Waals surface area contributed by atoms with Crippen LogP contribution in [0.1, 0.15) is 36.7 Å². The summed E-state index contributed by atoms with van der Waals surface area (Å²) in [5.74, 6) is -0.318. The largest absolute Gasteiger partial charge is 0.298 e. The first-order valence-corrected chi connectivity index (χ1v) is 9.08. The van der Waals surface area contributed by atoms with Crippen molar-refractivity contribution in [3.8, 4) is 11.3 Å². The van der Waals surface area contributed by atoms with Gasteiger partial charge in [0.05, 0.1) is 11.3 Å². The topological polar surface area (TPSA) is 54.9 Å². The van der Waals surface area contributed by atoms with E-state index in [1.165, 1.54) is 16.9 Å². The number of rotatable bonds is 3. The third kappa shape index (κ3) is 4.06. The van der Waals surface area contributed by atoms with Crippen molar-refractivity contribution in [1.29, 1.82) is 0 Å². The van der Waals surface area contributed by atoms with Gasteiger partial charge in [-0.15, -0.1) is 11.3 Å². The van der Waals surface area contributed by atoms with Crippen LogP contribution in [0.2, 0.25) is 5.15 Å². The van der Waals surface area contributed by atoms with Gasteiger partial charge in [-0.3, -0.25) is 10.1 Å². The lowest BCUT2D eigenvalue weighted by Gasteiger charge is -2.18. The van der Waals surface area contributed by atoms with E-state index in [0.29, 0.717) is 10.7 Å². The molecule has 3 rings (SSSR count). The van der Waals surface area contributed by atoms with E-state index >= 15 is 0 Å². The molecule has 0 atom stereocenters. The van der Waals surface area contributed by atoms with Crippen LogP contribution < -0.4 is 5.32 Å². The Bertz CT molecular complexity index is 898. The second-order valence-corrected chi connectivity index (χ2v) is 7.88. The highest BCUT2D eigenvalue weighted by Crippen LogP contribution is 2.28. The van der Waals surface area contributed by atoms with Gasteiger partial charge < -0.3 is 0 Å². The number of nitrogens with one attached hydrogen (secondary N) is 1. The van der Waals surface area contributed by atoms with Crippen molar-refractivity contribution in [1.82, 2.24) is 9.97 Å². The number of amides is 1. The number of carbonyl (C=O) groups excluding carboxylic acids is 1. The van der Waals surface area contributed by atoms with Crippen molar-refractivity contribution in [2.24, 2.45) is 0 Å². The number of nitrogens with zero attached hydrogens (tertiary/aromatic N) is 2. The highest BCUT2D eigenvalue weighted by molar-refractivity contribution is 7.14. The minimum Gasteiger partial charge on any atom is -0.298 e. The van der Waals surface area contributed by atoms with Crippen LogP contribution in [0.5, 0.6) is 0 Å². The fourth-order valence-corrected chi connectivity index (χ4v) is 3.24. The molecule has 0 aliphatic rings. The van der Waals surface area contributed by atoms with Gasteiger partial charge in [-0.05, 0) is 23.1 Å². The van der Waals surface area contributed by atoms with E-state index in [0.717, 1.165) is 11.3 Å². The van der Waals surface area contributed by atoms with Gasteiger partial charge in [0, 0.05) is 17.1 Å². The smallest absolute Gasteiger partial charge is 0.260 e. The zero-order valence-electron chi connectivity index (χ0n) is 14.2. The Balaban J connectivity index is 1.76. The molecule has 1 aromatic carbocycles. The van der Waals surface area contributed by atoms with Crippen LogP contribution in [-0.4, -0.2) is 15.9 Å². The van der Waals surface area contributed by atoms with E-state index in [1.54, 1.807) is 18.3 Å². The van der Waals surface area contributed by atoms with Gasteiger partial charge in [0.1, 0.15) is 5.15 Å². The Morgan fingerprint density at radius 3 is 2.52 bits per heavy atom. The molecule has 6 heteroatoms. The van der Waals surface area contributed by atoms with E-state index < -0.39 is 0 Å². The summed E-state index contributed by atoms with van der Waals surface area (Å²) in [5, 5.41) is 5.40. The molecule has 0 bridgehead atoms. The van der Waals surface area contributed by atoms with E-state index in [2.05, 4.69) is 60.3 Å². The Morgan fingerprint density at radius 1 is 1.16 bits per heavy atom. The minimum absolute atomic E-state index is 0.114. The quantitative estimate of drug-likeness (QED) is 0.626. The summed E-state index contributed by atoms with van der Waals surface area (Å²) >= 11 is 7.33. The summed E-state index contributed by atoms with van der Waals surface area (Å²) in [7, 11) is 0. The maximum Gasteiger partial charge on any atom is 0.260 e. The maximum absolute atomic E-state index is 12.3. The van der Waals surface area contributed by atoms with Crippen molar-refractivity contribution in [3.05, 3.63) is 64.3 Å². The molecule has 0 aliphatic carbocycles. The molecular formula is C19H18ClN3OS. The Morgan fingerprint density at radius 2 is 1.88 bits per heavy atom. The third-order valence-electron chi connectivity index (χ3n) is 3.78. The fraction of sp³-hybridized carbons (Fsp3) is 0.211. The molecule has 0 fully saturated rings. The average Bonchev–Trinajstić information content (AvgIpc) is 3.03. The van der Waals surface area contributed by atoms with Crippen molar-refractivity contribution < 1.29 is 4.79 Å². The van der Waals surface area contributed by atoms with Crippen LogP contribution in [0, 0.1) is 0 Å². The molecule has 0 saturated heterocycles. The lowest BCUT2D eigenvalue weighted by Crippen LogP contribution is -2.12. The molecule has 25 heavy (non-hydrogen) atoms. The number of halogens is 1. The summed E-state index contributed by atoms with van der Waals surface area (Å²) in [6.45, 7) is 6.55. The minimum atomic E-state index is -0.318. The second-order valence-electron chi connectivity index (χ2n) is 6.66. The molecule has 0 radical (unpaired) electrons. The zero-order chi connectivity index (χ0) is 18.0. The number of carbonyl (C=O) groups is 1. The summed E-state index contributed by atoms with van der Waals surface area (Å²) in [6.07, 6.45) is 1.54. The number of thiazole rings is 1. The van der Waals surface area contributed by atoms with E-state index in [1.807, 2.05) is 5.38 Å². The molecule has 0 aliphatic heterocycles. The molecule has 3 aromatic rings. The van der Waals surface area contributed by atoms with Crippen molar-refractivity contribution >= 4 is 34.0 Å². The van der Waals surface area contributed by atoms with Crippen LogP contribution in [0.15, 0.2) is 48.0 Å². The van der Waals surface area contributed by atoms with Gasteiger partial charge in [0.15, 0.2) is 5.13 Å². The standard InChI is InChI=1S/C19H18ClN3OS/c1-19(2,3)13-8-6-12(7-9-13)15-11-25-18(22-15)23-17(24)14-5-4-10-21-16(14)20/h4-11H,1-3H3,(H,22,23,24). The fourth-order valence-electron chi connectivity index (χ4n) is 2.32. The molecular weight excluding hydrogens is 354 g/mol. The van der Waals surface area contributed by atoms with Crippen LogP contribution >= 0.6 is 22.9 Å². The first-order chi connectivity index (χ1) is 11.8. The van der Waals surface area contributed by atoms with E-state index in [-0.39, 0.29) is 16.5 Å². The molecule has 1 N–H and O–H groups in total. The highest BCUT2D eigenvalue weighted by atomic mass is 35.5. The third-order valence-corrected chi connectivity index (χ3v) is 4.83. The number of hydrogen-bond donors (Lipinski definition) is 1. The zero-order valence-corrected chi connectivity index (χ0v) is 15.8. The highest BCUT2D eigenvalue weighted by Gasteiger charge is 2.15. The molecule has 0 saturated carbocycles. The van der Waals surface area contributed by atoms with E-state index in [9.17, 15) is 4.79 Å². The van der Waals surface area contributed by atoms with Crippen molar-refractivity contribution in [3.63, 3.8) is 0 Å². The van der Waals surface area contributed by atoms with Gasteiger partial charge in [-0.1, -0.05) is 56.6 Å². The van der Waals surface area contributed by atoms with Crippen LogP contribution in [0.3, 0.4) is 0 Å². The second kappa shape index (κ2) is 6.94. The maximum atomic E-state index is 12.3. The molecule has 0 unspecified atom stereocenters. The summed E-state index contributed by atoms with van der Waals surface area (Å²) in [6, 6.07) is 11.6. The molecule has 0 spiro atoms. The Hall–Kier alpha value is -2.24. The van der Waals surface area contributed by atoms with Crippen molar-refractivity contribution in [2.45, 2.75) is 26.2 Å². The lowest BCUT2D eigenvalue weighted by molar-refractivity contribution is 0.102. The number of benzene rings is 1. The molecule has 2 aromatic heterocycles. The van der Waals surface area contributed by atoms with Gasteiger partial charge in [-0.2, -0.15) is 0 Å². The van der Waals surface area contributed by atoms with Crippen LogP contribution in [0.25, 0.3) is 11.3 Å². The lowest BCUT2D eigenvalue weighted by atomic mass is 9.86. The predicted octanol–water partition coefficient (Wildman–Crippen LogP) is 5.41. The Labute approximate surface area is 155 Å². The van der Waals surface area contributed by atoms with Gasteiger partial charge in [0.25, 0.3) is 5.91 Å². The predicted molar refractivity (Wildman–Crippen MR) is 103 cm³/mol. The monoisotopic (exact) mass is 371 g/mol. The average molecular weight is 372 g/mol. The molecule has 1 amide bonds. The number of aromatic nitrogens is 2. The number of pyridine rings is 1. The molecule has 4 nitrogen and oxygen atoms in total. The van der Waals surface area contributed by atoms with Crippen LogP contribution in [0.4, 0.5) is 5.13 Å². The summed E-state index contributed by atoms with van der Waals surface area (Å²) in [4.78, 5) is 20.7. The van der Waals surface area contributed by atoms with Crippen LogP contribution in [-0.2, 0) is 5.41 Å². The normalized spacial score (nSPS) is 11.4. The number of hydrogen-bond acceptors (Lipinski definition) is 4. The van der Waals surface area contributed by atoms with Crippen molar-refractivity contribution in [2.75, 3.05) is 5.32 Å². The first-order valence-electron chi connectivity index (χ1n) is 7.83. The van der Waals surface area contributed by atoms with Gasteiger partial charge in [0.2, 0.25) is 0 Å². The summed E-state index contributed by atoms with van der Waals surface area (Å²) in [5.41, 5.74) is 3.56. The van der Waals surface area contributed by atoms with Gasteiger partial charge in [-0.25, -0.2) is 9.97 Å². The SMILES string of the molecule is CC(C)(C)c1ccc(-c2csc(NC(=O)c3cccnc3Cl)n2)cc1. The Kier molecular flexibility index (Phi) is 4.88.